The second-order valence-electron chi connectivity index (χ2n) is 16.4. The van der Waals surface area contributed by atoms with Crippen LogP contribution < -0.4 is 10.6 Å². The Bertz CT molecular complexity index is 761. The minimum absolute atomic E-state index is 0.0765. The van der Waals surface area contributed by atoms with Crippen LogP contribution in [0.4, 0.5) is 0 Å². The first kappa shape index (κ1) is 56.9. The van der Waals surface area contributed by atoms with Gasteiger partial charge in [-0.15, -0.1) is 0 Å². The zero-order valence-electron chi connectivity index (χ0n) is 38.3. The van der Waals surface area contributed by atoms with E-state index in [4.69, 9.17) is 10.2 Å². The van der Waals surface area contributed by atoms with Crippen LogP contribution >= 0.6 is 0 Å². The molecule has 56 heavy (non-hydrogen) atoms. The van der Waals surface area contributed by atoms with Gasteiger partial charge in [0.1, 0.15) is 0 Å². The lowest BCUT2D eigenvalue weighted by atomic mass is 10.0. The molecule has 336 valence electrons. The SMILES string of the molecule is CCCCCCCCCCCCCCCCCC(=O)NCCN(CC)CC.CCCCCCCCCCCCCCCCCC(=O)NCCN(CCO)CCO. The minimum atomic E-state index is 0.0765. The van der Waals surface area contributed by atoms with Crippen LogP contribution in [-0.2, 0) is 9.59 Å². The van der Waals surface area contributed by atoms with Crippen molar-refractivity contribution in [1.82, 2.24) is 20.4 Å². The molecular weight excluding hydrogens is 697 g/mol. The van der Waals surface area contributed by atoms with Crippen LogP contribution in [0.25, 0.3) is 0 Å². The quantitative estimate of drug-likeness (QED) is 0.0458. The molecule has 0 aromatic heterocycles. The van der Waals surface area contributed by atoms with Crippen molar-refractivity contribution in [2.24, 2.45) is 0 Å². The number of carbonyl (C=O) groups excluding carboxylic acids is 2. The van der Waals surface area contributed by atoms with Crippen molar-refractivity contribution in [2.75, 3.05) is 65.6 Å². The van der Waals surface area contributed by atoms with Gasteiger partial charge in [0, 0.05) is 52.1 Å². The number of likely N-dealkylation sites (N-methyl/N-ethyl adjacent to an activating group) is 1. The fourth-order valence-corrected chi connectivity index (χ4v) is 7.36. The summed E-state index contributed by atoms with van der Waals surface area (Å²) in [6, 6.07) is 0. The van der Waals surface area contributed by atoms with E-state index in [1.54, 1.807) is 0 Å². The van der Waals surface area contributed by atoms with Gasteiger partial charge in [-0.25, -0.2) is 0 Å². The Balaban J connectivity index is 0. The fourth-order valence-electron chi connectivity index (χ4n) is 7.36. The van der Waals surface area contributed by atoms with Crippen LogP contribution in [0.5, 0.6) is 0 Å². The summed E-state index contributed by atoms with van der Waals surface area (Å²) in [5.74, 6) is 0.351. The Hall–Kier alpha value is -1.22. The Morgan fingerprint density at radius 1 is 0.357 bits per heavy atom. The predicted molar refractivity (Wildman–Crippen MR) is 244 cm³/mol. The van der Waals surface area contributed by atoms with Crippen LogP contribution in [0.15, 0.2) is 0 Å². The monoisotopic (exact) mass is 797 g/mol. The molecule has 0 aliphatic carbocycles. The molecule has 0 spiro atoms. The maximum Gasteiger partial charge on any atom is 0.220 e. The van der Waals surface area contributed by atoms with Gasteiger partial charge in [-0.1, -0.05) is 207 Å². The van der Waals surface area contributed by atoms with Gasteiger partial charge in [0.25, 0.3) is 0 Å². The lowest BCUT2D eigenvalue weighted by molar-refractivity contribution is -0.122. The van der Waals surface area contributed by atoms with Gasteiger partial charge in [-0.2, -0.15) is 0 Å². The molecule has 0 rings (SSSR count). The molecule has 0 saturated heterocycles. The third kappa shape index (κ3) is 47.2. The predicted octanol–water partition coefficient (Wildman–Crippen LogP) is 11.4. The van der Waals surface area contributed by atoms with Gasteiger partial charge in [0.2, 0.25) is 11.8 Å². The lowest BCUT2D eigenvalue weighted by Crippen LogP contribution is -2.37. The number of nitrogens with one attached hydrogen (secondary N) is 2. The fraction of sp³-hybridized carbons (Fsp3) is 0.958. The summed E-state index contributed by atoms with van der Waals surface area (Å²) < 4.78 is 0. The van der Waals surface area contributed by atoms with E-state index >= 15 is 0 Å². The molecule has 4 N–H and O–H groups in total. The molecule has 0 saturated carbocycles. The molecule has 0 aromatic carbocycles. The highest BCUT2D eigenvalue weighted by Crippen LogP contribution is 2.15. The number of unbranched alkanes of at least 4 members (excludes halogenated alkanes) is 28. The van der Waals surface area contributed by atoms with Crippen LogP contribution in [0.3, 0.4) is 0 Å². The van der Waals surface area contributed by atoms with Crippen LogP contribution in [0.2, 0.25) is 0 Å². The van der Waals surface area contributed by atoms with E-state index in [1.165, 1.54) is 173 Å². The van der Waals surface area contributed by atoms with Crippen LogP contribution in [-0.4, -0.2) is 97.4 Å². The highest BCUT2D eigenvalue weighted by molar-refractivity contribution is 5.76. The second-order valence-corrected chi connectivity index (χ2v) is 16.4. The van der Waals surface area contributed by atoms with Crippen molar-refractivity contribution >= 4 is 11.8 Å². The summed E-state index contributed by atoms with van der Waals surface area (Å²) in [4.78, 5) is 27.9. The van der Waals surface area contributed by atoms with Gasteiger partial charge in [-0.3, -0.25) is 14.5 Å². The Morgan fingerprint density at radius 3 is 0.857 bits per heavy atom. The second kappa shape index (κ2) is 49.9. The van der Waals surface area contributed by atoms with E-state index in [1.807, 2.05) is 4.90 Å². The maximum absolute atomic E-state index is 11.8. The number of aliphatic hydroxyl groups is 2. The van der Waals surface area contributed by atoms with Gasteiger partial charge in [0.05, 0.1) is 13.2 Å². The molecule has 0 aromatic rings. The van der Waals surface area contributed by atoms with Gasteiger partial charge < -0.3 is 25.7 Å². The highest BCUT2D eigenvalue weighted by atomic mass is 16.3. The summed E-state index contributed by atoms with van der Waals surface area (Å²) in [5, 5.41) is 23.9. The van der Waals surface area contributed by atoms with E-state index in [-0.39, 0.29) is 25.0 Å². The third-order valence-corrected chi connectivity index (χ3v) is 11.2. The summed E-state index contributed by atoms with van der Waals surface area (Å²) in [6.07, 6.45) is 41.9. The summed E-state index contributed by atoms with van der Waals surface area (Å²) in [7, 11) is 0. The minimum Gasteiger partial charge on any atom is -0.395 e. The van der Waals surface area contributed by atoms with Gasteiger partial charge in [-0.05, 0) is 25.9 Å². The molecule has 0 unspecified atom stereocenters. The van der Waals surface area contributed by atoms with Crippen LogP contribution in [0.1, 0.15) is 233 Å². The molecule has 0 radical (unpaired) electrons. The topological polar surface area (TPSA) is 105 Å². The largest absolute Gasteiger partial charge is 0.395 e. The Kier molecular flexibility index (Phi) is 50.7. The van der Waals surface area contributed by atoms with E-state index in [0.29, 0.717) is 39.0 Å². The Morgan fingerprint density at radius 2 is 0.607 bits per heavy atom. The number of carbonyl (C=O) groups is 2. The highest BCUT2D eigenvalue weighted by Gasteiger charge is 2.06. The van der Waals surface area contributed by atoms with Gasteiger partial charge >= 0.3 is 0 Å². The number of aliphatic hydroxyl groups excluding tert-OH is 2. The number of amides is 2. The third-order valence-electron chi connectivity index (χ3n) is 11.2. The van der Waals surface area contributed by atoms with Crippen LogP contribution in [0, 0.1) is 0 Å². The first-order valence-electron chi connectivity index (χ1n) is 24.7. The molecule has 0 aliphatic rings. The van der Waals surface area contributed by atoms with Crippen molar-refractivity contribution in [3.8, 4) is 0 Å². The number of hydrogen-bond acceptors (Lipinski definition) is 6. The molecule has 0 fully saturated rings. The van der Waals surface area contributed by atoms with Crippen molar-refractivity contribution < 1.29 is 19.8 Å². The molecular formula is C48H100N4O4. The zero-order chi connectivity index (χ0) is 41.4. The zero-order valence-corrected chi connectivity index (χ0v) is 38.3. The van der Waals surface area contributed by atoms with Crippen molar-refractivity contribution in [1.29, 1.82) is 0 Å². The molecule has 8 heteroatoms. The number of rotatable bonds is 44. The van der Waals surface area contributed by atoms with E-state index in [0.717, 1.165) is 45.4 Å². The lowest BCUT2D eigenvalue weighted by Gasteiger charge is -2.20. The number of nitrogens with zero attached hydrogens (tertiary/aromatic N) is 2. The average molecular weight is 797 g/mol. The molecule has 2 amide bonds. The van der Waals surface area contributed by atoms with E-state index in [2.05, 4.69) is 43.2 Å². The summed E-state index contributed by atoms with van der Waals surface area (Å²) in [5.41, 5.74) is 0. The number of hydrogen-bond donors (Lipinski definition) is 4. The average Bonchev–Trinajstić information content (AvgIpc) is 3.20. The standard InChI is InChI=1S/C24H50N2O3.C24H50N2O/c1-2-3-4-5-6-7-8-9-10-11-12-13-14-15-16-17-24(29)25-18-19-26(20-22-27)21-23-28;1-4-7-8-9-10-11-12-13-14-15-16-17-18-19-20-21-24(27)25-22-23-26(5-2)6-3/h27-28H,2-23H2,1H3,(H,25,29);4-23H2,1-3H3,(H,25,27). The molecule has 0 heterocycles. The molecule has 8 nitrogen and oxygen atoms in total. The van der Waals surface area contributed by atoms with Gasteiger partial charge in [0.15, 0.2) is 0 Å². The van der Waals surface area contributed by atoms with Crippen molar-refractivity contribution in [3.05, 3.63) is 0 Å². The smallest absolute Gasteiger partial charge is 0.220 e. The molecule has 0 aliphatic heterocycles. The first-order valence-corrected chi connectivity index (χ1v) is 24.7. The van der Waals surface area contributed by atoms with Crippen molar-refractivity contribution in [3.63, 3.8) is 0 Å². The maximum atomic E-state index is 11.8. The van der Waals surface area contributed by atoms with E-state index < -0.39 is 0 Å². The normalized spacial score (nSPS) is 11.3. The first-order chi connectivity index (χ1) is 27.5. The summed E-state index contributed by atoms with van der Waals surface area (Å²) in [6.45, 7) is 15.3. The van der Waals surface area contributed by atoms with E-state index in [9.17, 15) is 9.59 Å². The summed E-state index contributed by atoms with van der Waals surface area (Å²) >= 11 is 0. The molecule has 0 bridgehead atoms. The van der Waals surface area contributed by atoms with Crippen molar-refractivity contribution in [2.45, 2.75) is 233 Å². The molecule has 0 atom stereocenters. The Labute approximate surface area is 349 Å².